The Bertz CT molecular complexity index is 479. The molecule has 1 fully saturated rings. The van der Waals surface area contributed by atoms with Crippen molar-refractivity contribution in [2.24, 2.45) is 0 Å². The molecule has 110 valence electrons. The predicted octanol–water partition coefficient (Wildman–Crippen LogP) is 2.02. The monoisotopic (exact) mass is 297 g/mol. The molecule has 0 bridgehead atoms. The zero-order chi connectivity index (χ0) is 14.5. The first kappa shape index (κ1) is 15.0. The molecule has 1 aliphatic rings. The number of aryl methyl sites for hydroxylation is 1. The first-order valence-corrected chi connectivity index (χ1v) is 7.62. The summed E-state index contributed by atoms with van der Waals surface area (Å²) in [6, 6.07) is 3.68. The van der Waals surface area contributed by atoms with E-state index in [9.17, 15) is 9.59 Å². The maximum Gasteiger partial charge on any atom is 0.323 e. The van der Waals surface area contributed by atoms with Gasteiger partial charge in [0.1, 0.15) is 6.54 Å². The van der Waals surface area contributed by atoms with Crippen molar-refractivity contribution >= 4 is 23.2 Å². The summed E-state index contributed by atoms with van der Waals surface area (Å²) < 4.78 is 5.28. The van der Waals surface area contributed by atoms with E-state index in [-0.39, 0.29) is 18.5 Å². The van der Waals surface area contributed by atoms with Crippen LogP contribution in [0.3, 0.4) is 0 Å². The van der Waals surface area contributed by atoms with Crippen molar-refractivity contribution in [2.45, 2.75) is 32.2 Å². The molecule has 2 heterocycles. The Balaban J connectivity index is 2.16. The van der Waals surface area contributed by atoms with E-state index in [4.69, 9.17) is 9.84 Å². The molecule has 6 heteroatoms. The molecule has 20 heavy (non-hydrogen) atoms. The van der Waals surface area contributed by atoms with Gasteiger partial charge in [0.05, 0.1) is 4.88 Å². The Kier molecular flexibility index (Phi) is 5.14. The van der Waals surface area contributed by atoms with Gasteiger partial charge in [-0.25, -0.2) is 0 Å². The number of hydrogen-bond acceptors (Lipinski definition) is 4. The number of hydrogen-bond donors (Lipinski definition) is 1. The average molecular weight is 297 g/mol. The number of thiophene rings is 1. The summed E-state index contributed by atoms with van der Waals surface area (Å²) >= 11 is 1.45. The second-order valence-electron chi connectivity index (χ2n) is 4.79. The molecule has 0 radical (unpaired) electrons. The van der Waals surface area contributed by atoms with Crippen molar-refractivity contribution < 1.29 is 19.4 Å². The fourth-order valence-corrected chi connectivity index (χ4v) is 3.24. The molecule has 0 atom stereocenters. The van der Waals surface area contributed by atoms with Gasteiger partial charge in [-0.1, -0.05) is 6.92 Å². The number of ether oxygens (including phenoxy) is 1. The lowest BCUT2D eigenvalue weighted by atomic mass is 10.1. The van der Waals surface area contributed by atoms with Crippen molar-refractivity contribution in [1.29, 1.82) is 0 Å². The van der Waals surface area contributed by atoms with E-state index < -0.39 is 5.97 Å². The average Bonchev–Trinajstić information content (AvgIpc) is 2.94. The van der Waals surface area contributed by atoms with Crippen LogP contribution in [0.2, 0.25) is 0 Å². The van der Waals surface area contributed by atoms with Gasteiger partial charge >= 0.3 is 5.97 Å². The molecule has 2 rings (SSSR count). The number of amides is 1. The van der Waals surface area contributed by atoms with E-state index >= 15 is 0 Å². The van der Waals surface area contributed by atoms with Gasteiger partial charge < -0.3 is 14.7 Å². The molecular weight excluding hydrogens is 278 g/mol. The summed E-state index contributed by atoms with van der Waals surface area (Å²) in [5.74, 6) is -1.15. The van der Waals surface area contributed by atoms with Crippen LogP contribution in [0.1, 0.15) is 34.3 Å². The van der Waals surface area contributed by atoms with Crippen molar-refractivity contribution in [1.82, 2.24) is 4.90 Å². The van der Waals surface area contributed by atoms with E-state index in [1.54, 1.807) is 6.07 Å². The Labute approximate surface area is 122 Å². The molecule has 0 aromatic carbocycles. The van der Waals surface area contributed by atoms with E-state index in [0.717, 1.165) is 11.3 Å². The van der Waals surface area contributed by atoms with Crippen LogP contribution < -0.4 is 0 Å². The van der Waals surface area contributed by atoms with Gasteiger partial charge in [-0.05, 0) is 31.4 Å². The number of carbonyl (C=O) groups excluding carboxylic acids is 1. The van der Waals surface area contributed by atoms with E-state index in [2.05, 4.69) is 0 Å². The molecular formula is C14H19NO4S. The minimum atomic E-state index is -0.975. The summed E-state index contributed by atoms with van der Waals surface area (Å²) in [6.07, 6.45) is 2.28. The summed E-state index contributed by atoms with van der Waals surface area (Å²) in [4.78, 5) is 26.8. The van der Waals surface area contributed by atoms with Crippen LogP contribution in [-0.2, 0) is 16.0 Å². The Morgan fingerprint density at radius 2 is 2.10 bits per heavy atom. The topological polar surface area (TPSA) is 66.8 Å². The van der Waals surface area contributed by atoms with Crippen molar-refractivity contribution in [3.05, 3.63) is 21.9 Å². The lowest BCUT2D eigenvalue weighted by molar-refractivity contribution is -0.138. The predicted molar refractivity (Wildman–Crippen MR) is 76.2 cm³/mol. The number of rotatable bonds is 5. The van der Waals surface area contributed by atoms with Gasteiger partial charge in [-0.3, -0.25) is 9.59 Å². The Morgan fingerprint density at radius 1 is 1.40 bits per heavy atom. The maximum absolute atomic E-state index is 12.5. The van der Waals surface area contributed by atoms with Crippen LogP contribution in [0.25, 0.3) is 0 Å². The van der Waals surface area contributed by atoms with Crippen molar-refractivity contribution in [2.75, 3.05) is 19.8 Å². The number of carbonyl (C=O) groups is 2. The second-order valence-corrected chi connectivity index (χ2v) is 5.96. The molecule has 0 spiro atoms. The maximum atomic E-state index is 12.5. The van der Waals surface area contributed by atoms with E-state index in [1.807, 2.05) is 13.0 Å². The zero-order valence-electron chi connectivity index (χ0n) is 11.5. The van der Waals surface area contributed by atoms with Gasteiger partial charge in [0.25, 0.3) is 5.91 Å². The normalized spacial score (nSPS) is 16.1. The molecule has 1 amide bonds. The van der Waals surface area contributed by atoms with Gasteiger partial charge in [0, 0.05) is 24.1 Å². The van der Waals surface area contributed by atoms with Crippen LogP contribution in [0.4, 0.5) is 0 Å². The van der Waals surface area contributed by atoms with Gasteiger partial charge in [-0.2, -0.15) is 0 Å². The lowest BCUT2D eigenvalue weighted by Gasteiger charge is -2.32. The standard InChI is InChI=1S/C14H19NO4S/c1-2-11-3-4-12(20-11)14(18)15(9-13(16)17)10-5-7-19-8-6-10/h3-4,10H,2,5-9H2,1H3,(H,16,17). The number of carboxylic acids is 1. The van der Waals surface area contributed by atoms with Crippen LogP contribution in [0.15, 0.2) is 12.1 Å². The van der Waals surface area contributed by atoms with Crippen LogP contribution >= 0.6 is 11.3 Å². The molecule has 5 nitrogen and oxygen atoms in total. The Morgan fingerprint density at radius 3 is 2.65 bits per heavy atom. The van der Waals surface area contributed by atoms with Crippen LogP contribution in [0.5, 0.6) is 0 Å². The first-order valence-electron chi connectivity index (χ1n) is 6.81. The summed E-state index contributed by atoms with van der Waals surface area (Å²) in [5, 5.41) is 9.04. The van der Waals surface area contributed by atoms with Crippen LogP contribution in [0, 0.1) is 0 Å². The van der Waals surface area contributed by atoms with Crippen molar-refractivity contribution in [3.63, 3.8) is 0 Å². The molecule has 1 saturated heterocycles. The minimum absolute atomic E-state index is 0.0421. The highest BCUT2D eigenvalue weighted by Crippen LogP contribution is 2.22. The lowest BCUT2D eigenvalue weighted by Crippen LogP contribution is -2.45. The fraction of sp³-hybridized carbons (Fsp3) is 0.571. The first-order chi connectivity index (χ1) is 9.61. The number of nitrogens with zero attached hydrogens (tertiary/aromatic N) is 1. The van der Waals surface area contributed by atoms with Gasteiger partial charge in [0.2, 0.25) is 0 Å². The molecule has 1 aliphatic heterocycles. The molecule has 0 unspecified atom stereocenters. The summed E-state index contributed by atoms with van der Waals surface area (Å²) in [7, 11) is 0. The third-order valence-electron chi connectivity index (χ3n) is 3.42. The van der Waals surface area contributed by atoms with Crippen LogP contribution in [-0.4, -0.2) is 47.7 Å². The molecule has 1 aromatic rings. The largest absolute Gasteiger partial charge is 0.480 e. The Hall–Kier alpha value is -1.40. The minimum Gasteiger partial charge on any atom is -0.480 e. The van der Waals surface area contributed by atoms with Crippen molar-refractivity contribution in [3.8, 4) is 0 Å². The number of aliphatic carboxylic acids is 1. The zero-order valence-corrected chi connectivity index (χ0v) is 12.3. The highest BCUT2D eigenvalue weighted by atomic mass is 32.1. The molecule has 0 saturated carbocycles. The third-order valence-corrected chi connectivity index (χ3v) is 4.64. The summed E-state index contributed by atoms with van der Waals surface area (Å²) in [5.41, 5.74) is 0. The smallest absolute Gasteiger partial charge is 0.323 e. The molecule has 0 aliphatic carbocycles. The number of carboxylic acid groups (broad SMARTS) is 1. The van der Waals surface area contributed by atoms with E-state index in [1.165, 1.54) is 16.2 Å². The second kappa shape index (κ2) is 6.85. The fourth-order valence-electron chi connectivity index (χ4n) is 2.33. The van der Waals surface area contributed by atoms with Gasteiger partial charge in [-0.15, -0.1) is 11.3 Å². The molecule has 1 N–H and O–H groups in total. The highest BCUT2D eigenvalue weighted by molar-refractivity contribution is 7.14. The molecule has 1 aromatic heterocycles. The highest BCUT2D eigenvalue weighted by Gasteiger charge is 2.29. The third kappa shape index (κ3) is 3.58. The summed E-state index contributed by atoms with van der Waals surface area (Å²) in [6.45, 7) is 2.95. The quantitative estimate of drug-likeness (QED) is 0.903. The van der Waals surface area contributed by atoms with E-state index in [0.29, 0.717) is 30.9 Å². The SMILES string of the molecule is CCc1ccc(C(=O)N(CC(=O)O)C2CCOCC2)s1. The van der Waals surface area contributed by atoms with Gasteiger partial charge in [0.15, 0.2) is 0 Å².